The van der Waals surface area contributed by atoms with Crippen molar-refractivity contribution >= 4 is 5.91 Å². The third kappa shape index (κ3) is 2.39. The molecule has 2 rings (SSSR count). The fourth-order valence-corrected chi connectivity index (χ4v) is 2.63. The molecule has 0 radical (unpaired) electrons. The van der Waals surface area contributed by atoms with Gasteiger partial charge in [-0.3, -0.25) is 9.48 Å². The number of aromatic nitrogens is 2. The summed E-state index contributed by atoms with van der Waals surface area (Å²) in [4.78, 5) is 12.1. The van der Waals surface area contributed by atoms with E-state index in [1.54, 1.807) is 4.68 Å². The number of hydrogen-bond donors (Lipinski definition) is 2. The zero-order valence-electron chi connectivity index (χ0n) is 12.3. The number of aliphatic hydroxyl groups is 1. The summed E-state index contributed by atoms with van der Waals surface area (Å²) in [5, 5.41) is 17.0. The number of aliphatic hydroxyl groups excluding tert-OH is 1. The molecule has 2 N–H and O–H groups in total. The molecule has 2 atom stereocenters. The molecule has 2 unspecified atom stereocenters. The minimum absolute atomic E-state index is 0.00387. The van der Waals surface area contributed by atoms with E-state index in [9.17, 15) is 9.90 Å². The molecule has 1 aromatic heterocycles. The van der Waals surface area contributed by atoms with Gasteiger partial charge in [-0.2, -0.15) is 5.10 Å². The summed E-state index contributed by atoms with van der Waals surface area (Å²) in [7, 11) is 1.88. The van der Waals surface area contributed by atoms with Crippen molar-refractivity contribution in [2.45, 2.75) is 52.7 Å². The lowest BCUT2D eigenvalue weighted by atomic mass is 9.64. The Labute approximate surface area is 114 Å². The van der Waals surface area contributed by atoms with Gasteiger partial charge >= 0.3 is 0 Å². The molecule has 5 heteroatoms. The molecule has 1 fully saturated rings. The lowest BCUT2D eigenvalue weighted by Crippen LogP contribution is -2.61. The highest BCUT2D eigenvalue weighted by molar-refractivity contribution is 5.79. The van der Waals surface area contributed by atoms with Gasteiger partial charge in [0.25, 0.3) is 0 Å². The van der Waals surface area contributed by atoms with E-state index in [1.807, 2.05) is 34.7 Å². The highest BCUT2D eigenvalue weighted by Crippen LogP contribution is 2.40. The van der Waals surface area contributed by atoms with Crippen molar-refractivity contribution in [3.8, 4) is 0 Å². The second kappa shape index (κ2) is 4.63. The van der Waals surface area contributed by atoms with Crippen LogP contribution in [0.4, 0.5) is 0 Å². The van der Waals surface area contributed by atoms with Crippen LogP contribution < -0.4 is 5.32 Å². The average molecular weight is 265 g/mol. The van der Waals surface area contributed by atoms with Crippen molar-refractivity contribution in [1.82, 2.24) is 15.1 Å². The molecular formula is C14H23N3O2. The third-order valence-electron chi connectivity index (χ3n) is 4.55. The van der Waals surface area contributed by atoms with Gasteiger partial charge in [-0.05, 0) is 20.3 Å². The maximum Gasteiger partial charge on any atom is 0.224 e. The maximum absolute atomic E-state index is 12.1. The molecule has 1 aromatic rings. The second-order valence-corrected chi connectivity index (χ2v) is 6.14. The van der Waals surface area contributed by atoms with Crippen LogP contribution in [0.1, 0.15) is 37.2 Å². The van der Waals surface area contributed by atoms with Crippen molar-refractivity contribution in [2.24, 2.45) is 12.5 Å². The van der Waals surface area contributed by atoms with Gasteiger partial charge in [-0.15, -0.1) is 0 Å². The first-order valence-electron chi connectivity index (χ1n) is 6.70. The number of amides is 1. The van der Waals surface area contributed by atoms with Crippen LogP contribution in [0.5, 0.6) is 0 Å². The van der Waals surface area contributed by atoms with Crippen LogP contribution in [0.15, 0.2) is 0 Å². The monoisotopic (exact) mass is 265 g/mol. The summed E-state index contributed by atoms with van der Waals surface area (Å²) >= 11 is 0. The van der Waals surface area contributed by atoms with E-state index >= 15 is 0 Å². The molecule has 0 aliphatic heterocycles. The number of carbonyl (C=O) groups excluding carboxylic acids is 1. The normalized spacial score (nSPS) is 24.9. The highest BCUT2D eigenvalue weighted by atomic mass is 16.3. The Morgan fingerprint density at radius 1 is 1.53 bits per heavy atom. The lowest BCUT2D eigenvalue weighted by molar-refractivity contribution is -0.128. The lowest BCUT2D eigenvalue weighted by Gasteiger charge is -2.49. The fraction of sp³-hybridized carbons (Fsp3) is 0.714. The SMILES string of the molecule is Cc1nn(C)c(C)c1CC(=O)NC1CC(O)C1(C)C. The Morgan fingerprint density at radius 2 is 2.16 bits per heavy atom. The van der Waals surface area contributed by atoms with Gasteiger partial charge in [0.05, 0.1) is 18.2 Å². The number of nitrogens with one attached hydrogen (secondary N) is 1. The predicted molar refractivity (Wildman–Crippen MR) is 72.7 cm³/mol. The zero-order chi connectivity index (χ0) is 14.4. The van der Waals surface area contributed by atoms with Crippen LogP contribution in [0.3, 0.4) is 0 Å². The number of rotatable bonds is 3. The van der Waals surface area contributed by atoms with Gasteiger partial charge in [0, 0.05) is 29.8 Å². The minimum Gasteiger partial charge on any atom is -0.392 e. The first kappa shape index (κ1) is 14.1. The summed E-state index contributed by atoms with van der Waals surface area (Å²) in [6.07, 6.45) is 0.678. The largest absolute Gasteiger partial charge is 0.392 e. The van der Waals surface area contributed by atoms with E-state index in [4.69, 9.17) is 0 Å². The summed E-state index contributed by atoms with van der Waals surface area (Å²) in [6.45, 7) is 7.85. The Bertz CT molecular complexity index is 505. The molecule has 5 nitrogen and oxygen atoms in total. The smallest absolute Gasteiger partial charge is 0.224 e. The second-order valence-electron chi connectivity index (χ2n) is 6.14. The van der Waals surface area contributed by atoms with E-state index in [0.29, 0.717) is 12.8 Å². The highest BCUT2D eigenvalue weighted by Gasteiger charge is 2.47. The Hall–Kier alpha value is -1.36. The van der Waals surface area contributed by atoms with Crippen LogP contribution >= 0.6 is 0 Å². The number of nitrogens with zero attached hydrogens (tertiary/aromatic N) is 2. The van der Waals surface area contributed by atoms with Crippen molar-refractivity contribution in [2.75, 3.05) is 0 Å². The van der Waals surface area contributed by atoms with Crippen molar-refractivity contribution in [1.29, 1.82) is 0 Å². The minimum atomic E-state index is -0.320. The van der Waals surface area contributed by atoms with Crippen LogP contribution in [-0.2, 0) is 18.3 Å². The maximum atomic E-state index is 12.1. The van der Waals surface area contributed by atoms with E-state index in [-0.39, 0.29) is 23.5 Å². The molecule has 0 aromatic carbocycles. The Kier molecular flexibility index (Phi) is 3.43. The van der Waals surface area contributed by atoms with Gasteiger partial charge in [-0.25, -0.2) is 0 Å². The van der Waals surface area contributed by atoms with E-state index < -0.39 is 0 Å². The van der Waals surface area contributed by atoms with Gasteiger partial charge in [0.2, 0.25) is 5.91 Å². The van der Waals surface area contributed by atoms with Crippen LogP contribution in [0.25, 0.3) is 0 Å². The first-order valence-corrected chi connectivity index (χ1v) is 6.70. The fourth-order valence-electron chi connectivity index (χ4n) is 2.63. The molecule has 0 spiro atoms. The number of aryl methyl sites for hydroxylation is 2. The molecule has 0 saturated heterocycles. The van der Waals surface area contributed by atoms with Gasteiger partial charge in [0.15, 0.2) is 0 Å². The van der Waals surface area contributed by atoms with Gasteiger partial charge < -0.3 is 10.4 Å². The topological polar surface area (TPSA) is 67.2 Å². The molecule has 1 heterocycles. The first-order chi connectivity index (χ1) is 8.73. The van der Waals surface area contributed by atoms with Crippen molar-refractivity contribution < 1.29 is 9.90 Å². The molecular weight excluding hydrogens is 242 g/mol. The average Bonchev–Trinajstić information content (AvgIpc) is 2.56. The number of carbonyl (C=O) groups is 1. The molecule has 1 aliphatic carbocycles. The molecule has 19 heavy (non-hydrogen) atoms. The number of hydrogen-bond acceptors (Lipinski definition) is 3. The van der Waals surface area contributed by atoms with Crippen molar-refractivity contribution in [3.05, 3.63) is 17.0 Å². The summed E-state index contributed by atoms with van der Waals surface area (Å²) in [5.74, 6) is 0.00387. The third-order valence-corrected chi connectivity index (χ3v) is 4.55. The Morgan fingerprint density at radius 3 is 2.58 bits per heavy atom. The predicted octanol–water partition coefficient (Wildman–Crippen LogP) is 0.855. The molecule has 1 aliphatic rings. The van der Waals surface area contributed by atoms with Gasteiger partial charge in [0.1, 0.15) is 0 Å². The zero-order valence-corrected chi connectivity index (χ0v) is 12.3. The molecule has 1 amide bonds. The standard InChI is InChI=1S/C14H23N3O2/c1-8-10(9(2)17(5)16-8)6-13(19)15-11-7-12(18)14(11,3)4/h11-12,18H,6-7H2,1-5H3,(H,15,19). The van der Waals surface area contributed by atoms with E-state index in [0.717, 1.165) is 17.0 Å². The van der Waals surface area contributed by atoms with E-state index in [2.05, 4.69) is 10.4 Å². The summed E-state index contributed by atoms with van der Waals surface area (Å²) in [5.41, 5.74) is 2.70. The van der Waals surface area contributed by atoms with Crippen LogP contribution in [-0.4, -0.2) is 32.9 Å². The molecule has 106 valence electrons. The van der Waals surface area contributed by atoms with Gasteiger partial charge in [-0.1, -0.05) is 13.8 Å². The quantitative estimate of drug-likeness (QED) is 0.851. The van der Waals surface area contributed by atoms with Crippen LogP contribution in [0.2, 0.25) is 0 Å². The summed E-state index contributed by atoms with van der Waals surface area (Å²) < 4.78 is 1.80. The van der Waals surface area contributed by atoms with Crippen molar-refractivity contribution in [3.63, 3.8) is 0 Å². The van der Waals surface area contributed by atoms with E-state index in [1.165, 1.54) is 0 Å². The molecule has 0 bridgehead atoms. The summed E-state index contributed by atoms with van der Waals surface area (Å²) in [6, 6.07) is 0.0623. The van der Waals surface area contributed by atoms with Crippen LogP contribution in [0, 0.1) is 19.3 Å². The molecule has 1 saturated carbocycles. The Balaban J connectivity index is 1.99.